The SMILES string of the molecule is CCN(CCNC(=O)C1CNCCO1)c1ccccc1C. The number of para-hydroxylation sites is 1. The Morgan fingerprint density at radius 1 is 1.48 bits per heavy atom. The molecule has 1 aromatic rings. The Labute approximate surface area is 126 Å². The number of anilines is 1. The van der Waals surface area contributed by atoms with Crippen LogP contribution in [0, 0.1) is 6.92 Å². The van der Waals surface area contributed by atoms with Gasteiger partial charge in [-0.25, -0.2) is 0 Å². The molecule has 5 nitrogen and oxygen atoms in total. The quantitative estimate of drug-likeness (QED) is 0.818. The summed E-state index contributed by atoms with van der Waals surface area (Å²) in [5.41, 5.74) is 2.48. The van der Waals surface area contributed by atoms with Crippen LogP contribution in [-0.2, 0) is 9.53 Å². The van der Waals surface area contributed by atoms with E-state index in [0.717, 1.165) is 19.6 Å². The molecule has 0 bridgehead atoms. The summed E-state index contributed by atoms with van der Waals surface area (Å²) in [5.74, 6) is -0.0250. The number of rotatable bonds is 6. The molecule has 0 radical (unpaired) electrons. The van der Waals surface area contributed by atoms with E-state index in [1.165, 1.54) is 11.3 Å². The van der Waals surface area contributed by atoms with Crippen molar-refractivity contribution in [1.29, 1.82) is 0 Å². The smallest absolute Gasteiger partial charge is 0.250 e. The van der Waals surface area contributed by atoms with Gasteiger partial charge in [0, 0.05) is 38.4 Å². The normalized spacial score (nSPS) is 18.3. The van der Waals surface area contributed by atoms with Gasteiger partial charge in [-0.15, -0.1) is 0 Å². The number of aryl methyl sites for hydroxylation is 1. The number of ether oxygens (including phenoxy) is 1. The Bertz CT molecular complexity index is 459. The molecule has 0 saturated carbocycles. The summed E-state index contributed by atoms with van der Waals surface area (Å²) in [4.78, 5) is 14.3. The number of hydrogen-bond acceptors (Lipinski definition) is 4. The van der Waals surface area contributed by atoms with E-state index in [9.17, 15) is 4.79 Å². The van der Waals surface area contributed by atoms with E-state index in [1.54, 1.807) is 0 Å². The van der Waals surface area contributed by atoms with Crippen LogP contribution in [0.15, 0.2) is 24.3 Å². The Kier molecular flexibility index (Phi) is 6.02. The van der Waals surface area contributed by atoms with Crippen LogP contribution < -0.4 is 15.5 Å². The zero-order valence-corrected chi connectivity index (χ0v) is 12.9. The number of carbonyl (C=O) groups excluding carboxylic acids is 1. The van der Waals surface area contributed by atoms with Crippen LogP contribution in [0.3, 0.4) is 0 Å². The van der Waals surface area contributed by atoms with Gasteiger partial charge >= 0.3 is 0 Å². The number of amides is 1. The summed E-state index contributed by atoms with van der Waals surface area (Å²) in [6, 6.07) is 8.32. The van der Waals surface area contributed by atoms with Gasteiger partial charge in [0.1, 0.15) is 6.10 Å². The number of benzene rings is 1. The topological polar surface area (TPSA) is 53.6 Å². The van der Waals surface area contributed by atoms with E-state index in [0.29, 0.717) is 19.7 Å². The summed E-state index contributed by atoms with van der Waals surface area (Å²) < 4.78 is 5.44. The molecule has 116 valence electrons. The number of nitrogens with zero attached hydrogens (tertiary/aromatic N) is 1. The second-order valence-electron chi connectivity index (χ2n) is 5.22. The molecule has 2 rings (SSSR count). The number of nitrogens with one attached hydrogen (secondary N) is 2. The molecule has 0 aromatic heterocycles. The molecule has 5 heteroatoms. The van der Waals surface area contributed by atoms with Crippen molar-refractivity contribution < 1.29 is 9.53 Å². The van der Waals surface area contributed by atoms with Crippen molar-refractivity contribution in [2.24, 2.45) is 0 Å². The molecule has 21 heavy (non-hydrogen) atoms. The van der Waals surface area contributed by atoms with Crippen molar-refractivity contribution in [1.82, 2.24) is 10.6 Å². The molecule has 1 aliphatic heterocycles. The molecular weight excluding hydrogens is 266 g/mol. The molecule has 1 heterocycles. The number of morpholine rings is 1. The Morgan fingerprint density at radius 2 is 2.29 bits per heavy atom. The van der Waals surface area contributed by atoms with Gasteiger partial charge in [-0.2, -0.15) is 0 Å². The van der Waals surface area contributed by atoms with Crippen molar-refractivity contribution >= 4 is 11.6 Å². The van der Waals surface area contributed by atoms with Crippen LogP contribution in [-0.4, -0.2) is 51.3 Å². The van der Waals surface area contributed by atoms with Gasteiger partial charge in [-0.1, -0.05) is 18.2 Å². The summed E-state index contributed by atoms with van der Waals surface area (Å²) in [7, 11) is 0. The van der Waals surface area contributed by atoms with Crippen molar-refractivity contribution in [3.05, 3.63) is 29.8 Å². The second kappa shape index (κ2) is 8.00. The Balaban J connectivity index is 1.81. The van der Waals surface area contributed by atoms with E-state index < -0.39 is 0 Å². The Hall–Kier alpha value is -1.59. The number of hydrogen-bond donors (Lipinski definition) is 2. The third kappa shape index (κ3) is 4.44. The van der Waals surface area contributed by atoms with E-state index in [-0.39, 0.29) is 12.0 Å². The highest BCUT2D eigenvalue weighted by atomic mass is 16.5. The summed E-state index contributed by atoms with van der Waals surface area (Å²) in [6.45, 7) is 8.60. The molecule has 1 amide bonds. The lowest BCUT2D eigenvalue weighted by molar-refractivity contribution is -0.134. The molecule has 1 aromatic carbocycles. The van der Waals surface area contributed by atoms with Crippen molar-refractivity contribution in [2.45, 2.75) is 20.0 Å². The van der Waals surface area contributed by atoms with Crippen molar-refractivity contribution in [2.75, 3.05) is 44.2 Å². The minimum atomic E-state index is -0.354. The van der Waals surface area contributed by atoms with Gasteiger partial charge in [0.15, 0.2) is 0 Å². The first-order valence-electron chi connectivity index (χ1n) is 7.63. The van der Waals surface area contributed by atoms with Gasteiger partial charge < -0.3 is 20.3 Å². The zero-order chi connectivity index (χ0) is 15.1. The molecular formula is C16H25N3O2. The first-order chi connectivity index (χ1) is 10.2. The highest BCUT2D eigenvalue weighted by molar-refractivity contribution is 5.81. The molecule has 1 atom stereocenters. The van der Waals surface area contributed by atoms with E-state index in [4.69, 9.17) is 4.74 Å². The zero-order valence-electron chi connectivity index (χ0n) is 12.9. The average molecular weight is 291 g/mol. The van der Waals surface area contributed by atoms with Crippen molar-refractivity contribution in [3.63, 3.8) is 0 Å². The first kappa shape index (κ1) is 15.8. The van der Waals surface area contributed by atoms with Gasteiger partial charge in [-0.05, 0) is 25.5 Å². The average Bonchev–Trinajstić information content (AvgIpc) is 2.53. The van der Waals surface area contributed by atoms with Crippen LogP contribution in [0.2, 0.25) is 0 Å². The van der Waals surface area contributed by atoms with Gasteiger partial charge in [0.25, 0.3) is 5.91 Å². The minimum Gasteiger partial charge on any atom is -0.370 e. The van der Waals surface area contributed by atoms with E-state index in [1.807, 2.05) is 12.1 Å². The van der Waals surface area contributed by atoms with Crippen LogP contribution in [0.5, 0.6) is 0 Å². The summed E-state index contributed by atoms with van der Waals surface area (Å²) >= 11 is 0. The number of likely N-dealkylation sites (N-methyl/N-ethyl adjacent to an activating group) is 1. The van der Waals surface area contributed by atoms with Gasteiger partial charge in [0.2, 0.25) is 0 Å². The maximum Gasteiger partial charge on any atom is 0.250 e. The lowest BCUT2D eigenvalue weighted by Gasteiger charge is -2.26. The lowest BCUT2D eigenvalue weighted by atomic mass is 10.2. The molecule has 0 aliphatic carbocycles. The highest BCUT2D eigenvalue weighted by Gasteiger charge is 2.21. The molecule has 0 spiro atoms. The maximum atomic E-state index is 12.0. The molecule has 1 fully saturated rings. The minimum absolute atomic E-state index is 0.0250. The monoisotopic (exact) mass is 291 g/mol. The summed E-state index contributed by atoms with van der Waals surface area (Å²) in [5, 5.41) is 6.12. The first-order valence-corrected chi connectivity index (χ1v) is 7.63. The highest BCUT2D eigenvalue weighted by Crippen LogP contribution is 2.18. The van der Waals surface area contributed by atoms with Crippen LogP contribution >= 0.6 is 0 Å². The Morgan fingerprint density at radius 3 is 2.95 bits per heavy atom. The maximum absolute atomic E-state index is 12.0. The predicted molar refractivity (Wildman–Crippen MR) is 84.7 cm³/mol. The van der Waals surface area contributed by atoms with Crippen LogP contribution in [0.4, 0.5) is 5.69 Å². The molecule has 1 saturated heterocycles. The van der Waals surface area contributed by atoms with Gasteiger partial charge in [-0.3, -0.25) is 4.79 Å². The van der Waals surface area contributed by atoms with Crippen LogP contribution in [0.25, 0.3) is 0 Å². The predicted octanol–water partition coefficient (Wildman–Crippen LogP) is 0.926. The van der Waals surface area contributed by atoms with Gasteiger partial charge in [0.05, 0.1) is 6.61 Å². The molecule has 2 N–H and O–H groups in total. The standard InChI is InChI=1S/C16H25N3O2/c1-3-19(14-7-5-4-6-13(14)2)10-8-18-16(20)15-12-17-9-11-21-15/h4-7,15,17H,3,8-12H2,1-2H3,(H,18,20). The summed E-state index contributed by atoms with van der Waals surface area (Å²) in [6.07, 6.45) is -0.354. The van der Waals surface area contributed by atoms with Crippen LogP contribution in [0.1, 0.15) is 12.5 Å². The third-order valence-corrected chi connectivity index (χ3v) is 3.74. The van der Waals surface area contributed by atoms with E-state index >= 15 is 0 Å². The fourth-order valence-electron chi connectivity index (χ4n) is 2.53. The third-order valence-electron chi connectivity index (χ3n) is 3.74. The second-order valence-corrected chi connectivity index (χ2v) is 5.22. The fraction of sp³-hybridized carbons (Fsp3) is 0.562. The largest absolute Gasteiger partial charge is 0.370 e. The van der Waals surface area contributed by atoms with Crippen molar-refractivity contribution in [3.8, 4) is 0 Å². The molecule has 1 unspecified atom stereocenters. The number of carbonyl (C=O) groups is 1. The lowest BCUT2D eigenvalue weighted by Crippen LogP contribution is -2.49. The van der Waals surface area contributed by atoms with E-state index in [2.05, 4.69) is 41.5 Å². The molecule has 1 aliphatic rings. The fourth-order valence-corrected chi connectivity index (χ4v) is 2.53.